The quantitative estimate of drug-likeness (QED) is 0.148. The van der Waals surface area contributed by atoms with Crippen LogP contribution >= 0.6 is 11.3 Å². The van der Waals surface area contributed by atoms with E-state index in [1.54, 1.807) is 0 Å². The first-order valence-electron chi connectivity index (χ1n) is 24.7. The summed E-state index contributed by atoms with van der Waals surface area (Å²) in [7, 11) is 22.3. The van der Waals surface area contributed by atoms with Gasteiger partial charge in [0.15, 0.2) is 0 Å². The van der Waals surface area contributed by atoms with Crippen LogP contribution in [0.15, 0.2) is 127 Å². The number of fused-ring (bicyclic) bond motifs is 5. The summed E-state index contributed by atoms with van der Waals surface area (Å²) in [5, 5.41) is 3.61. The maximum Gasteiger partial charge on any atom is 0.115 e. The summed E-state index contributed by atoms with van der Waals surface area (Å²) in [6.45, 7) is 33.7. The molecule has 70 heavy (non-hydrogen) atoms. The Morgan fingerprint density at radius 1 is 0.457 bits per heavy atom. The van der Waals surface area contributed by atoms with Crippen LogP contribution in [0.1, 0.15) is 122 Å². The average molecular weight is 930 g/mol. The third-order valence-corrected chi connectivity index (χ3v) is 15.6. The summed E-state index contributed by atoms with van der Waals surface area (Å²) in [6.07, 6.45) is 0. The highest BCUT2D eigenvalue weighted by Crippen LogP contribution is 2.51. The second kappa shape index (κ2) is 17.4. The molecule has 0 saturated carbocycles. The van der Waals surface area contributed by atoms with Gasteiger partial charge < -0.3 is 14.4 Å². The molecule has 0 spiro atoms. The predicted molar refractivity (Wildman–Crippen MR) is 311 cm³/mol. The van der Waals surface area contributed by atoms with E-state index in [2.05, 4.69) is 246 Å². The zero-order valence-corrected chi connectivity index (χ0v) is 44.9. The highest BCUT2D eigenvalue weighted by molar-refractivity contribution is 7.26. The van der Waals surface area contributed by atoms with Crippen molar-refractivity contribution in [2.75, 3.05) is 9.80 Å². The summed E-state index contributed by atoms with van der Waals surface area (Å²) >= 11 is 1.84. The largest absolute Gasteiger partial charge is 0.312 e. The van der Waals surface area contributed by atoms with Gasteiger partial charge in [-0.1, -0.05) is 167 Å². The van der Waals surface area contributed by atoms with Crippen LogP contribution in [0.5, 0.6) is 0 Å². The van der Waals surface area contributed by atoms with E-state index in [4.69, 9.17) is 23.5 Å². The second-order valence-corrected chi connectivity index (χ2v) is 24.6. The predicted octanol–water partition coefficient (Wildman–Crippen LogP) is 15.4. The van der Waals surface area contributed by atoms with E-state index in [0.717, 1.165) is 67.5 Å². The Bertz CT molecular complexity index is 3460. The van der Waals surface area contributed by atoms with Gasteiger partial charge in [-0.15, -0.1) is 16.8 Å². The first kappa shape index (κ1) is 49.1. The standard InChI is InChI=1S/C63H66B3N3S/c1-37-36-43(63(13,14)15)26-34-49(37)68(45-29-22-41(23-30-45)61(7,8)9)56-38(2)57(55(66)53(64)54(56)65)69(46-31-24-42(25-32-46)62(10,11)12)58-39(3)67(44-27-20-40(21-28-44)60(4,5)6)50-35-33-48-47-18-16-17-19-51(47)70-59(48)52(50)58/h16-36H,1-15H3. The Morgan fingerprint density at radius 2 is 0.929 bits per heavy atom. The molecule has 0 aliphatic rings. The van der Waals surface area contributed by atoms with Crippen molar-refractivity contribution in [3.05, 3.63) is 166 Å². The maximum atomic E-state index is 7.54. The number of hydrogen-bond acceptors (Lipinski definition) is 3. The lowest BCUT2D eigenvalue weighted by Gasteiger charge is -2.37. The topological polar surface area (TPSA) is 11.4 Å². The lowest BCUT2D eigenvalue weighted by molar-refractivity contribution is 0.589. The average Bonchev–Trinajstić information content (AvgIpc) is 3.82. The van der Waals surface area contributed by atoms with Crippen LogP contribution < -0.4 is 26.2 Å². The van der Waals surface area contributed by atoms with Gasteiger partial charge in [0.25, 0.3) is 0 Å². The normalized spacial score (nSPS) is 12.7. The van der Waals surface area contributed by atoms with Crippen molar-refractivity contribution >= 4 is 116 Å². The fourth-order valence-electron chi connectivity index (χ4n) is 10.2. The number of nitrogens with zero attached hydrogens (tertiary/aromatic N) is 3. The van der Waals surface area contributed by atoms with Crippen molar-refractivity contribution in [2.24, 2.45) is 0 Å². The van der Waals surface area contributed by atoms with Crippen molar-refractivity contribution in [1.82, 2.24) is 4.57 Å². The number of rotatable bonds is 7. The molecular formula is C63H66B3N3S. The Hall–Kier alpha value is -5.91. The number of hydrogen-bond donors (Lipinski definition) is 0. The molecule has 9 rings (SSSR count). The molecule has 7 aromatic carbocycles. The van der Waals surface area contributed by atoms with Gasteiger partial charge in [-0.05, 0) is 130 Å². The van der Waals surface area contributed by atoms with Crippen molar-refractivity contribution in [3.8, 4) is 5.69 Å². The summed E-state index contributed by atoms with van der Waals surface area (Å²) in [4.78, 5) is 4.69. The zero-order chi connectivity index (χ0) is 50.6. The van der Waals surface area contributed by atoms with E-state index in [1.807, 2.05) is 11.3 Å². The summed E-state index contributed by atoms with van der Waals surface area (Å²) in [6, 6.07) is 47.1. The molecule has 7 heteroatoms. The molecule has 0 N–H and O–H groups in total. The summed E-state index contributed by atoms with van der Waals surface area (Å²) in [5.74, 6) is 0. The van der Waals surface area contributed by atoms with Crippen molar-refractivity contribution < 1.29 is 0 Å². The Morgan fingerprint density at radius 3 is 1.44 bits per heavy atom. The van der Waals surface area contributed by atoms with E-state index < -0.39 is 0 Å². The third-order valence-electron chi connectivity index (χ3n) is 14.4. The molecule has 0 aliphatic carbocycles. The number of anilines is 6. The Labute approximate surface area is 426 Å². The monoisotopic (exact) mass is 930 g/mol. The molecule has 348 valence electrons. The Balaban J connectivity index is 1.42. The maximum absolute atomic E-state index is 7.54. The second-order valence-electron chi connectivity index (χ2n) is 23.6. The van der Waals surface area contributed by atoms with Crippen LogP contribution in [0.25, 0.3) is 36.8 Å². The molecule has 0 unspecified atom stereocenters. The van der Waals surface area contributed by atoms with Crippen molar-refractivity contribution in [2.45, 2.75) is 126 Å². The van der Waals surface area contributed by atoms with Crippen LogP contribution in [-0.4, -0.2) is 28.1 Å². The van der Waals surface area contributed by atoms with E-state index >= 15 is 0 Å². The van der Waals surface area contributed by atoms with Gasteiger partial charge in [0, 0.05) is 65.4 Å². The van der Waals surface area contributed by atoms with Gasteiger partial charge in [-0.25, -0.2) is 0 Å². The molecule has 6 radical (unpaired) electrons. The molecule has 3 nitrogen and oxygen atoms in total. The molecular weight excluding hydrogens is 863 g/mol. The van der Waals surface area contributed by atoms with Crippen LogP contribution in [0.3, 0.4) is 0 Å². The molecule has 0 atom stereocenters. The molecule has 0 amide bonds. The zero-order valence-electron chi connectivity index (χ0n) is 44.1. The van der Waals surface area contributed by atoms with Gasteiger partial charge in [-0.2, -0.15) is 0 Å². The minimum absolute atomic E-state index is 0.00821. The molecule has 2 heterocycles. The molecule has 0 aliphatic heterocycles. The summed E-state index contributed by atoms with van der Waals surface area (Å²) in [5.41, 5.74) is 17.0. The van der Waals surface area contributed by atoms with E-state index in [9.17, 15) is 0 Å². The molecule has 0 saturated heterocycles. The van der Waals surface area contributed by atoms with Crippen molar-refractivity contribution in [1.29, 1.82) is 0 Å². The van der Waals surface area contributed by atoms with Gasteiger partial charge in [0.1, 0.15) is 23.5 Å². The smallest absolute Gasteiger partial charge is 0.115 e. The van der Waals surface area contributed by atoms with Crippen LogP contribution in [0, 0.1) is 20.8 Å². The summed E-state index contributed by atoms with van der Waals surface area (Å²) < 4.78 is 4.88. The van der Waals surface area contributed by atoms with Crippen LogP contribution in [0.4, 0.5) is 34.1 Å². The molecule has 0 fully saturated rings. The Kier molecular flexibility index (Phi) is 12.2. The first-order chi connectivity index (χ1) is 32.8. The van der Waals surface area contributed by atoms with E-state index in [1.165, 1.54) is 42.4 Å². The third kappa shape index (κ3) is 8.50. The minimum Gasteiger partial charge on any atom is -0.312 e. The lowest BCUT2D eigenvalue weighted by atomic mass is 9.69. The molecule has 0 bridgehead atoms. The van der Waals surface area contributed by atoms with Crippen LogP contribution in [0.2, 0.25) is 0 Å². The van der Waals surface area contributed by atoms with Gasteiger partial charge in [0.2, 0.25) is 0 Å². The van der Waals surface area contributed by atoms with Gasteiger partial charge >= 0.3 is 0 Å². The molecule has 2 aromatic heterocycles. The van der Waals surface area contributed by atoms with Crippen molar-refractivity contribution in [3.63, 3.8) is 0 Å². The fraction of sp³-hybridized carbons (Fsp3) is 0.302. The lowest BCUT2D eigenvalue weighted by Crippen LogP contribution is -2.44. The number of benzene rings is 7. The molecule has 9 aromatic rings. The van der Waals surface area contributed by atoms with Gasteiger partial charge in [0.05, 0.1) is 11.2 Å². The number of aryl methyl sites for hydroxylation is 1. The first-order valence-corrected chi connectivity index (χ1v) is 25.5. The number of thiophene rings is 1. The fourth-order valence-corrected chi connectivity index (χ4v) is 11.5. The number of aromatic nitrogens is 1. The van der Waals surface area contributed by atoms with Crippen LogP contribution in [-0.2, 0) is 21.7 Å². The minimum atomic E-state index is -0.0606. The van der Waals surface area contributed by atoms with E-state index in [0.29, 0.717) is 16.4 Å². The SMILES string of the molecule is [B]c1c([B])c(N(c2ccc(C(C)(C)C)cc2)c2ccc(C(C)(C)C)cc2C)c(C)c(N(c2ccc(C(C)(C)C)cc2)c2c(C)n(-c3ccc(C(C)(C)C)cc3)c3ccc4c5ccccc5sc4c23)c1[B]. The van der Waals surface area contributed by atoms with Gasteiger partial charge in [-0.3, -0.25) is 0 Å². The highest BCUT2D eigenvalue weighted by Gasteiger charge is 2.32. The van der Waals surface area contributed by atoms with E-state index in [-0.39, 0.29) is 21.7 Å². The highest BCUT2D eigenvalue weighted by atomic mass is 32.1.